The Kier molecular flexibility index (Phi) is 6.56. The van der Waals surface area contributed by atoms with E-state index in [2.05, 4.69) is 78.3 Å². The van der Waals surface area contributed by atoms with Gasteiger partial charge in [0.15, 0.2) is 0 Å². The SMILES string of the molecule is C.C=C1Cc2cc(C(C)(C)C)ccc2N1C.CC(C)(C)c1cccc2c1OC(=O)C2. The Hall–Kier alpha value is -2.55. The maximum absolute atomic E-state index is 11.2. The maximum Gasteiger partial charge on any atom is 0.315 e. The summed E-state index contributed by atoms with van der Waals surface area (Å²) >= 11 is 0. The minimum absolute atomic E-state index is 0. The first kappa shape index (κ1) is 23.7. The van der Waals surface area contributed by atoms with E-state index < -0.39 is 0 Å². The lowest BCUT2D eigenvalue weighted by Crippen LogP contribution is -2.13. The van der Waals surface area contributed by atoms with E-state index in [4.69, 9.17) is 4.74 Å². The van der Waals surface area contributed by atoms with Crippen LogP contribution in [0.1, 0.15) is 71.2 Å². The van der Waals surface area contributed by atoms with Crippen molar-refractivity contribution in [2.45, 2.75) is 72.6 Å². The third-order valence-corrected chi connectivity index (χ3v) is 5.63. The van der Waals surface area contributed by atoms with Crippen molar-refractivity contribution in [3.8, 4) is 5.75 Å². The molecule has 30 heavy (non-hydrogen) atoms. The van der Waals surface area contributed by atoms with Crippen molar-refractivity contribution in [3.63, 3.8) is 0 Å². The molecule has 0 N–H and O–H groups in total. The fraction of sp³-hybridized carbons (Fsp3) is 0.444. The van der Waals surface area contributed by atoms with Gasteiger partial charge in [-0.1, -0.05) is 85.9 Å². The van der Waals surface area contributed by atoms with Crippen LogP contribution in [-0.4, -0.2) is 13.0 Å². The maximum atomic E-state index is 11.2. The number of ether oxygens (including phenoxy) is 1. The third-order valence-electron chi connectivity index (χ3n) is 5.63. The summed E-state index contributed by atoms with van der Waals surface area (Å²) in [6.45, 7) is 17.2. The first-order chi connectivity index (χ1) is 13.4. The molecule has 0 atom stereocenters. The highest BCUT2D eigenvalue weighted by Crippen LogP contribution is 2.37. The lowest BCUT2D eigenvalue weighted by atomic mass is 9.85. The van der Waals surface area contributed by atoms with E-state index >= 15 is 0 Å². The Morgan fingerprint density at radius 1 is 0.933 bits per heavy atom. The molecule has 0 unspecified atom stereocenters. The van der Waals surface area contributed by atoms with Crippen LogP contribution in [0.25, 0.3) is 0 Å². The van der Waals surface area contributed by atoms with Crippen molar-refractivity contribution in [1.82, 2.24) is 0 Å². The molecular weight excluding hydrogens is 370 g/mol. The van der Waals surface area contributed by atoms with E-state index in [0.29, 0.717) is 6.42 Å². The number of esters is 1. The number of hydrogen-bond acceptors (Lipinski definition) is 3. The molecule has 0 saturated carbocycles. The Morgan fingerprint density at radius 3 is 2.20 bits per heavy atom. The molecule has 0 aliphatic carbocycles. The summed E-state index contributed by atoms with van der Waals surface area (Å²) in [6, 6.07) is 12.7. The minimum Gasteiger partial charge on any atom is -0.426 e. The fourth-order valence-corrected chi connectivity index (χ4v) is 3.77. The molecule has 0 fully saturated rings. The van der Waals surface area contributed by atoms with Gasteiger partial charge in [0.2, 0.25) is 0 Å². The summed E-state index contributed by atoms with van der Waals surface area (Å²) in [5.74, 6) is 0.640. The number of nitrogens with zero attached hydrogens (tertiary/aromatic N) is 1. The Bertz CT molecular complexity index is 958. The summed E-state index contributed by atoms with van der Waals surface area (Å²) in [5, 5.41) is 0. The van der Waals surface area contributed by atoms with Crippen LogP contribution in [-0.2, 0) is 28.5 Å². The highest BCUT2D eigenvalue weighted by atomic mass is 16.5. The molecule has 0 bridgehead atoms. The third kappa shape index (κ3) is 4.77. The standard InChI is InChI=1S/C14H19N.C12H14O2.CH4/c1-10-8-11-9-12(14(2,3)4)6-7-13(11)15(10)5;1-12(2,3)9-6-4-5-8-7-10(13)14-11(8)9;/h6-7,9H,1,8H2,2-5H3;4-6H,7H2,1-3H3;1H4. The number of carbonyl (C=O) groups is 1. The van der Waals surface area contributed by atoms with Crippen LogP contribution in [0.15, 0.2) is 48.7 Å². The van der Waals surface area contributed by atoms with Gasteiger partial charge in [0.1, 0.15) is 5.75 Å². The average molecular weight is 408 g/mol. The van der Waals surface area contributed by atoms with Gasteiger partial charge < -0.3 is 9.64 Å². The van der Waals surface area contributed by atoms with E-state index in [1.807, 2.05) is 18.2 Å². The Balaban J connectivity index is 0.000000207. The molecule has 0 radical (unpaired) electrons. The van der Waals surface area contributed by atoms with Crippen molar-refractivity contribution < 1.29 is 9.53 Å². The molecule has 4 rings (SSSR count). The first-order valence-corrected chi connectivity index (χ1v) is 10.3. The second-order valence-electron chi connectivity index (χ2n) is 10.1. The van der Waals surface area contributed by atoms with Gasteiger partial charge in [0.25, 0.3) is 0 Å². The largest absolute Gasteiger partial charge is 0.426 e. The van der Waals surface area contributed by atoms with Crippen LogP contribution in [0, 0.1) is 0 Å². The van der Waals surface area contributed by atoms with E-state index in [-0.39, 0.29) is 24.2 Å². The summed E-state index contributed by atoms with van der Waals surface area (Å²) in [4.78, 5) is 13.3. The Morgan fingerprint density at radius 2 is 1.60 bits per heavy atom. The minimum atomic E-state index is -0.142. The molecule has 2 aliphatic rings. The molecular formula is C27H37NO2. The van der Waals surface area contributed by atoms with Gasteiger partial charge in [-0.15, -0.1) is 0 Å². The predicted octanol–water partition coefficient (Wildman–Crippen LogP) is 6.57. The second-order valence-corrected chi connectivity index (χ2v) is 10.1. The monoisotopic (exact) mass is 407 g/mol. The van der Waals surface area contributed by atoms with Crippen LogP contribution in [0.2, 0.25) is 0 Å². The van der Waals surface area contributed by atoms with Gasteiger partial charge in [-0.2, -0.15) is 0 Å². The normalized spacial score (nSPS) is 15.0. The summed E-state index contributed by atoms with van der Waals surface area (Å²) in [7, 11) is 2.09. The lowest BCUT2D eigenvalue weighted by Gasteiger charge is -2.21. The molecule has 3 nitrogen and oxygen atoms in total. The lowest BCUT2D eigenvalue weighted by molar-refractivity contribution is -0.131. The Labute approximate surface area is 182 Å². The van der Waals surface area contributed by atoms with Crippen LogP contribution in [0.5, 0.6) is 5.75 Å². The van der Waals surface area contributed by atoms with Crippen molar-refractivity contribution >= 4 is 11.7 Å². The fourth-order valence-electron chi connectivity index (χ4n) is 3.77. The van der Waals surface area contributed by atoms with Gasteiger partial charge in [0, 0.05) is 36.0 Å². The average Bonchev–Trinajstić information content (AvgIpc) is 3.12. The van der Waals surface area contributed by atoms with Gasteiger partial charge in [-0.3, -0.25) is 4.79 Å². The van der Waals surface area contributed by atoms with E-state index in [0.717, 1.165) is 23.3 Å². The summed E-state index contributed by atoms with van der Waals surface area (Å²) in [5.41, 5.74) is 7.71. The van der Waals surface area contributed by atoms with E-state index in [1.165, 1.54) is 22.5 Å². The van der Waals surface area contributed by atoms with Crippen molar-refractivity contribution in [1.29, 1.82) is 0 Å². The number of para-hydroxylation sites is 1. The highest BCUT2D eigenvalue weighted by Gasteiger charge is 2.28. The van der Waals surface area contributed by atoms with Crippen molar-refractivity contribution in [3.05, 3.63) is 70.9 Å². The number of fused-ring (bicyclic) bond motifs is 2. The highest BCUT2D eigenvalue weighted by molar-refractivity contribution is 5.82. The summed E-state index contributed by atoms with van der Waals surface area (Å²) < 4.78 is 5.23. The molecule has 2 aromatic rings. The molecule has 0 amide bonds. The van der Waals surface area contributed by atoms with Crippen LogP contribution in [0.4, 0.5) is 5.69 Å². The number of carbonyl (C=O) groups excluding carboxylic acids is 1. The van der Waals surface area contributed by atoms with Gasteiger partial charge >= 0.3 is 5.97 Å². The second kappa shape index (κ2) is 8.29. The smallest absolute Gasteiger partial charge is 0.315 e. The molecule has 0 saturated heterocycles. The molecule has 2 aromatic carbocycles. The number of benzene rings is 2. The zero-order valence-corrected chi connectivity index (χ0v) is 18.8. The van der Waals surface area contributed by atoms with Crippen molar-refractivity contribution in [2.75, 3.05) is 11.9 Å². The van der Waals surface area contributed by atoms with Crippen LogP contribution < -0.4 is 9.64 Å². The number of allylic oxidation sites excluding steroid dienone is 1. The molecule has 162 valence electrons. The van der Waals surface area contributed by atoms with E-state index in [1.54, 1.807) is 0 Å². The molecule has 2 heterocycles. The number of likely N-dealkylation sites (N-methyl/N-ethyl adjacent to an activating group) is 1. The van der Waals surface area contributed by atoms with E-state index in [9.17, 15) is 4.79 Å². The van der Waals surface area contributed by atoms with Crippen LogP contribution in [0.3, 0.4) is 0 Å². The zero-order chi connectivity index (χ0) is 21.6. The number of hydrogen-bond donors (Lipinski definition) is 0. The van der Waals surface area contributed by atoms with Gasteiger partial charge in [-0.05, 0) is 28.0 Å². The zero-order valence-electron chi connectivity index (χ0n) is 18.8. The predicted molar refractivity (Wildman–Crippen MR) is 128 cm³/mol. The van der Waals surface area contributed by atoms with Crippen molar-refractivity contribution in [2.24, 2.45) is 0 Å². The van der Waals surface area contributed by atoms with Gasteiger partial charge in [-0.25, -0.2) is 0 Å². The number of rotatable bonds is 0. The molecule has 2 aliphatic heterocycles. The van der Waals surface area contributed by atoms with Gasteiger partial charge in [0.05, 0.1) is 6.42 Å². The molecule has 0 spiro atoms. The molecule has 3 heteroatoms. The topological polar surface area (TPSA) is 29.5 Å². The van der Waals surface area contributed by atoms with Crippen LogP contribution >= 0.6 is 0 Å². The first-order valence-electron chi connectivity index (χ1n) is 10.3. The molecule has 0 aromatic heterocycles. The number of anilines is 1. The quantitative estimate of drug-likeness (QED) is 0.365. The summed E-state index contributed by atoms with van der Waals surface area (Å²) in [6.07, 6.45) is 1.41.